The summed E-state index contributed by atoms with van der Waals surface area (Å²) in [6.07, 6.45) is -1.33. The molecule has 0 aliphatic heterocycles. The number of hydrogen-bond donors (Lipinski definition) is 4. The van der Waals surface area contributed by atoms with Crippen LogP contribution >= 0.6 is 0 Å². The Balaban J connectivity index is 3.94. The van der Waals surface area contributed by atoms with E-state index in [0.717, 1.165) is 0 Å². The zero-order valence-electron chi connectivity index (χ0n) is 8.93. The standard InChI is InChI=1S/C8H18N4O4/c9-3-1-5(11)15-7(13)8(14)16-6(12)2-4-10/h5-6H,1-4,9-12H2. The molecule has 16 heavy (non-hydrogen) atoms. The van der Waals surface area contributed by atoms with Crippen LogP contribution in [0.4, 0.5) is 0 Å². The van der Waals surface area contributed by atoms with Crippen molar-refractivity contribution in [1.29, 1.82) is 0 Å². The third-order valence-corrected chi connectivity index (χ3v) is 1.59. The summed E-state index contributed by atoms with van der Waals surface area (Å²) in [7, 11) is 0. The van der Waals surface area contributed by atoms with Crippen LogP contribution in [0.2, 0.25) is 0 Å². The van der Waals surface area contributed by atoms with Crippen LogP contribution < -0.4 is 22.9 Å². The van der Waals surface area contributed by atoms with Gasteiger partial charge < -0.3 is 20.9 Å². The highest BCUT2D eigenvalue weighted by molar-refractivity contribution is 6.29. The number of carbonyl (C=O) groups excluding carboxylic acids is 2. The Labute approximate surface area is 93.2 Å². The number of carbonyl (C=O) groups is 2. The van der Waals surface area contributed by atoms with Crippen molar-refractivity contribution in [1.82, 2.24) is 0 Å². The Hall–Kier alpha value is -1.22. The van der Waals surface area contributed by atoms with Gasteiger partial charge >= 0.3 is 11.9 Å². The fourth-order valence-corrected chi connectivity index (χ4v) is 0.818. The summed E-state index contributed by atoms with van der Waals surface area (Å²) < 4.78 is 9.06. The first kappa shape index (κ1) is 14.8. The smallest absolute Gasteiger partial charge is 0.419 e. The van der Waals surface area contributed by atoms with Gasteiger partial charge in [0.15, 0.2) is 12.5 Å². The van der Waals surface area contributed by atoms with Crippen molar-refractivity contribution in [2.45, 2.75) is 25.3 Å². The van der Waals surface area contributed by atoms with E-state index in [4.69, 9.17) is 22.9 Å². The zero-order chi connectivity index (χ0) is 12.6. The lowest BCUT2D eigenvalue weighted by Gasteiger charge is -2.13. The molecule has 0 saturated heterocycles. The van der Waals surface area contributed by atoms with Crippen LogP contribution in [-0.4, -0.2) is 37.5 Å². The van der Waals surface area contributed by atoms with Gasteiger partial charge in [0.1, 0.15) is 0 Å². The van der Waals surface area contributed by atoms with Crippen molar-refractivity contribution in [3.05, 3.63) is 0 Å². The minimum atomic E-state index is -1.19. The maximum atomic E-state index is 11.1. The minimum Gasteiger partial charge on any atom is -0.438 e. The van der Waals surface area contributed by atoms with Crippen molar-refractivity contribution in [2.75, 3.05) is 13.1 Å². The van der Waals surface area contributed by atoms with Crippen molar-refractivity contribution >= 4 is 11.9 Å². The molecule has 0 aromatic carbocycles. The van der Waals surface area contributed by atoms with Gasteiger partial charge in [-0.1, -0.05) is 0 Å². The van der Waals surface area contributed by atoms with Crippen LogP contribution in [0.3, 0.4) is 0 Å². The molecule has 0 spiro atoms. The summed E-state index contributed by atoms with van der Waals surface area (Å²) >= 11 is 0. The predicted molar refractivity (Wildman–Crippen MR) is 55.5 cm³/mol. The monoisotopic (exact) mass is 234 g/mol. The lowest BCUT2D eigenvalue weighted by Crippen LogP contribution is -2.37. The normalized spacial score (nSPS) is 14.0. The average molecular weight is 234 g/mol. The van der Waals surface area contributed by atoms with Gasteiger partial charge in [-0.3, -0.25) is 11.5 Å². The number of ether oxygens (including phenoxy) is 2. The van der Waals surface area contributed by atoms with E-state index in [-0.39, 0.29) is 25.9 Å². The first-order valence-corrected chi connectivity index (χ1v) is 4.84. The molecule has 0 fully saturated rings. The molecule has 0 aromatic rings. The van der Waals surface area contributed by atoms with Crippen molar-refractivity contribution in [2.24, 2.45) is 22.9 Å². The maximum Gasteiger partial charge on any atom is 0.419 e. The van der Waals surface area contributed by atoms with E-state index < -0.39 is 24.4 Å². The summed E-state index contributed by atoms with van der Waals surface area (Å²) in [5.41, 5.74) is 21.0. The SMILES string of the molecule is NCCC(N)OC(=O)C(=O)OC(N)CCN. The lowest BCUT2D eigenvalue weighted by molar-refractivity contribution is -0.174. The number of hydrogen-bond acceptors (Lipinski definition) is 8. The molecule has 2 unspecified atom stereocenters. The molecule has 0 amide bonds. The molecule has 8 N–H and O–H groups in total. The van der Waals surface area contributed by atoms with E-state index in [9.17, 15) is 9.59 Å². The van der Waals surface area contributed by atoms with Gasteiger partial charge in [-0.2, -0.15) is 0 Å². The van der Waals surface area contributed by atoms with Gasteiger partial charge in [-0.25, -0.2) is 9.59 Å². The highest BCUT2D eigenvalue weighted by atomic mass is 16.6. The Bertz CT molecular complexity index is 212. The van der Waals surface area contributed by atoms with E-state index in [1.807, 2.05) is 0 Å². The van der Waals surface area contributed by atoms with Crippen LogP contribution in [0.1, 0.15) is 12.8 Å². The molecule has 0 aromatic heterocycles. The third-order valence-electron chi connectivity index (χ3n) is 1.59. The van der Waals surface area contributed by atoms with Gasteiger partial charge in [-0.05, 0) is 13.1 Å². The quantitative estimate of drug-likeness (QED) is 0.220. The summed E-state index contributed by atoms with van der Waals surface area (Å²) in [6.45, 7) is 0.492. The van der Waals surface area contributed by atoms with Crippen molar-refractivity contribution in [3.8, 4) is 0 Å². The Morgan fingerprint density at radius 1 is 0.875 bits per heavy atom. The first-order chi connectivity index (χ1) is 7.51. The molecule has 0 heterocycles. The van der Waals surface area contributed by atoms with Gasteiger partial charge in [-0.15, -0.1) is 0 Å². The molecule has 0 rings (SSSR count). The number of nitrogens with two attached hydrogens (primary N) is 4. The van der Waals surface area contributed by atoms with Gasteiger partial charge in [0.25, 0.3) is 0 Å². The highest BCUT2D eigenvalue weighted by Gasteiger charge is 2.22. The molecule has 8 heteroatoms. The summed E-state index contributed by atoms with van der Waals surface area (Å²) in [5.74, 6) is -2.37. The van der Waals surface area contributed by atoms with Crippen molar-refractivity contribution in [3.63, 3.8) is 0 Å². The summed E-state index contributed by atoms with van der Waals surface area (Å²) in [5, 5.41) is 0. The van der Waals surface area contributed by atoms with E-state index in [0.29, 0.717) is 0 Å². The average Bonchev–Trinajstić information content (AvgIpc) is 2.17. The topological polar surface area (TPSA) is 157 Å². The van der Waals surface area contributed by atoms with E-state index in [1.165, 1.54) is 0 Å². The second kappa shape index (κ2) is 7.99. The molecule has 0 aliphatic carbocycles. The fourth-order valence-electron chi connectivity index (χ4n) is 0.818. The van der Waals surface area contributed by atoms with Crippen molar-refractivity contribution < 1.29 is 19.1 Å². The van der Waals surface area contributed by atoms with E-state index in [1.54, 1.807) is 0 Å². The fraction of sp³-hybridized carbons (Fsp3) is 0.750. The van der Waals surface area contributed by atoms with Crippen LogP contribution in [0.25, 0.3) is 0 Å². The second-order valence-electron chi connectivity index (χ2n) is 3.04. The molecule has 8 nitrogen and oxygen atoms in total. The molecule has 0 saturated carbocycles. The van der Waals surface area contributed by atoms with Crippen LogP contribution in [-0.2, 0) is 19.1 Å². The minimum absolute atomic E-state index is 0.246. The first-order valence-electron chi connectivity index (χ1n) is 4.84. The van der Waals surface area contributed by atoms with E-state index >= 15 is 0 Å². The highest BCUT2D eigenvalue weighted by Crippen LogP contribution is 1.95. The molecule has 0 radical (unpaired) electrons. The molecular weight excluding hydrogens is 216 g/mol. The zero-order valence-corrected chi connectivity index (χ0v) is 8.93. The molecule has 94 valence electrons. The molecule has 2 atom stereocenters. The Morgan fingerprint density at radius 2 is 1.19 bits per heavy atom. The second-order valence-corrected chi connectivity index (χ2v) is 3.04. The van der Waals surface area contributed by atoms with E-state index in [2.05, 4.69) is 9.47 Å². The lowest BCUT2D eigenvalue weighted by atomic mass is 10.4. The Morgan fingerprint density at radius 3 is 1.44 bits per heavy atom. The molecule has 0 bridgehead atoms. The van der Waals surface area contributed by atoms with Crippen LogP contribution in [0, 0.1) is 0 Å². The van der Waals surface area contributed by atoms with Gasteiger partial charge in [0.2, 0.25) is 0 Å². The largest absolute Gasteiger partial charge is 0.438 e. The van der Waals surface area contributed by atoms with Gasteiger partial charge in [0.05, 0.1) is 0 Å². The maximum absolute atomic E-state index is 11.1. The Kier molecular flexibility index (Phi) is 7.38. The number of rotatable bonds is 6. The van der Waals surface area contributed by atoms with Gasteiger partial charge in [0, 0.05) is 12.8 Å². The van der Waals surface area contributed by atoms with Crippen LogP contribution in [0.15, 0.2) is 0 Å². The molecule has 0 aliphatic rings. The number of esters is 2. The summed E-state index contributed by atoms with van der Waals surface area (Å²) in [4.78, 5) is 22.1. The van der Waals surface area contributed by atoms with Crippen LogP contribution in [0.5, 0.6) is 0 Å². The molecular formula is C8H18N4O4. The summed E-state index contributed by atoms with van der Waals surface area (Å²) in [6, 6.07) is 0. The predicted octanol–water partition coefficient (Wildman–Crippen LogP) is -2.66. The third kappa shape index (κ3) is 6.30.